The number of ether oxygens (including phenoxy) is 1. The van der Waals surface area contributed by atoms with Gasteiger partial charge in [-0.15, -0.1) is 0 Å². The maximum absolute atomic E-state index is 12.9. The zero-order valence-electron chi connectivity index (χ0n) is 24.5. The van der Waals surface area contributed by atoms with Gasteiger partial charge in [-0.2, -0.15) is 0 Å². The summed E-state index contributed by atoms with van der Waals surface area (Å²) in [6.07, 6.45) is 4.73. The van der Waals surface area contributed by atoms with E-state index in [4.69, 9.17) is 10.5 Å². The van der Waals surface area contributed by atoms with Gasteiger partial charge in [0.05, 0.1) is 11.7 Å². The fraction of sp³-hybridized carbons (Fsp3) is 0.531. The van der Waals surface area contributed by atoms with Crippen LogP contribution in [-0.4, -0.2) is 109 Å². The van der Waals surface area contributed by atoms with Crippen LogP contribution in [0.2, 0.25) is 0 Å². The first kappa shape index (κ1) is 29.8. The van der Waals surface area contributed by atoms with E-state index in [9.17, 15) is 14.4 Å². The van der Waals surface area contributed by atoms with Gasteiger partial charge in [0.15, 0.2) is 0 Å². The number of hydrogen-bond acceptors (Lipinski definition) is 6. The summed E-state index contributed by atoms with van der Waals surface area (Å²) in [7, 11) is 0. The van der Waals surface area contributed by atoms with E-state index in [0.717, 1.165) is 114 Å². The molecule has 3 N–H and O–H groups in total. The highest BCUT2D eigenvalue weighted by Crippen LogP contribution is 2.28. The number of hydrogen-bond donors (Lipinski definition) is 2. The van der Waals surface area contributed by atoms with E-state index in [1.807, 2.05) is 64.4 Å². The Morgan fingerprint density at radius 3 is 2.19 bits per heavy atom. The third kappa shape index (κ3) is 7.80. The van der Waals surface area contributed by atoms with Crippen molar-refractivity contribution in [3.63, 3.8) is 0 Å². The summed E-state index contributed by atoms with van der Waals surface area (Å²) in [5.74, 6) is -0.237. The molecule has 5 rings (SSSR count). The molecular formula is C32H44N6O4. The standard InChI is InChI=1S/C32H44N6O4/c33-30(39)29-13-6-17-36(29)18-8-20-38-24-23-37(32(38)41)19-7-16-35-21-14-26(15-22-35)42-31(40)34-28-12-5-4-11-27(28)25-9-2-1-3-10-25/h1-5,9-12,26,29H,6-8,13-24H2,(H2,33,39)(H,34,40)/t29-/m1/s1. The lowest BCUT2D eigenvalue weighted by Crippen LogP contribution is -2.42. The zero-order chi connectivity index (χ0) is 29.3. The van der Waals surface area contributed by atoms with Gasteiger partial charge in [0.1, 0.15) is 6.10 Å². The number of urea groups is 1. The largest absolute Gasteiger partial charge is 0.446 e. The van der Waals surface area contributed by atoms with Crippen molar-refractivity contribution < 1.29 is 19.1 Å². The summed E-state index contributed by atoms with van der Waals surface area (Å²) in [6, 6.07) is 17.7. The minimum absolute atomic E-state index is 0.0994. The van der Waals surface area contributed by atoms with Gasteiger partial charge in [0.2, 0.25) is 5.91 Å². The van der Waals surface area contributed by atoms with Gasteiger partial charge in [-0.3, -0.25) is 15.0 Å². The number of carbonyl (C=O) groups is 3. The van der Waals surface area contributed by atoms with Gasteiger partial charge in [-0.25, -0.2) is 9.59 Å². The van der Waals surface area contributed by atoms with E-state index in [0.29, 0.717) is 0 Å². The first-order chi connectivity index (χ1) is 20.5. The Kier molecular flexibility index (Phi) is 10.3. The number of nitrogens with two attached hydrogens (primary N) is 1. The average molecular weight is 577 g/mol. The molecule has 4 amide bonds. The summed E-state index contributed by atoms with van der Waals surface area (Å²) in [5.41, 5.74) is 8.27. The van der Waals surface area contributed by atoms with E-state index < -0.39 is 6.09 Å². The molecule has 10 heteroatoms. The van der Waals surface area contributed by atoms with E-state index in [1.54, 1.807) is 0 Å². The molecule has 3 aliphatic rings. The van der Waals surface area contributed by atoms with Crippen LogP contribution in [0, 0.1) is 0 Å². The van der Waals surface area contributed by atoms with Crippen molar-refractivity contribution in [1.82, 2.24) is 19.6 Å². The van der Waals surface area contributed by atoms with E-state index in [1.165, 1.54) is 0 Å². The van der Waals surface area contributed by atoms with Crippen LogP contribution in [0.5, 0.6) is 0 Å². The summed E-state index contributed by atoms with van der Waals surface area (Å²) >= 11 is 0. The Morgan fingerprint density at radius 2 is 1.48 bits per heavy atom. The van der Waals surface area contributed by atoms with Crippen LogP contribution >= 0.6 is 0 Å². The number of carbonyl (C=O) groups excluding carboxylic acids is 3. The number of para-hydroxylation sites is 1. The van der Waals surface area contributed by atoms with Crippen LogP contribution in [0.3, 0.4) is 0 Å². The fourth-order valence-electron chi connectivity index (χ4n) is 6.42. The first-order valence-corrected chi connectivity index (χ1v) is 15.4. The molecule has 3 heterocycles. The topological polar surface area (TPSA) is 111 Å². The lowest BCUT2D eigenvalue weighted by atomic mass is 10.0. The van der Waals surface area contributed by atoms with Gasteiger partial charge >= 0.3 is 12.1 Å². The quantitative estimate of drug-likeness (QED) is 0.397. The van der Waals surface area contributed by atoms with Gasteiger partial charge < -0.3 is 25.2 Å². The predicted molar refractivity (Wildman–Crippen MR) is 163 cm³/mol. The number of nitrogens with one attached hydrogen (secondary N) is 1. The van der Waals surface area contributed by atoms with Gasteiger partial charge in [-0.05, 0) is 63.2 Å². The van der Waals surface area contributed by atoms with Gasteiger partial charge in [-0.1, -0.05) is 48.5 Å². The van der Waals surface area contributed by atoms with Crippen LogP contribution in [-0.2, 0) is 9.53 Å². The third-order valence-electron chi connectivity index (χ3n) is 8.71. The maximum Gasteiger partial charge on any atom is 0.411 e. The van der Waals surface area contributed by atoms with Crippen LogP contribution in [0.1, 0.15) is 38.5 Å². The monoisotopic (exact) mass is 576 g/mol. The minimum Gasteiger partial charge on any atom is -0.446 e. The highest BCUT2D eigenvalue weighted by atomic mass is 16.6. The molecule has 3 saturated heterocycles. The van der Waals surface area contributed by atoms with Crippen molar-refractivity contribution in [1.29, 1.82) is 0 Å². The third-order valence-corrected chi connectivity index (χ3v) is 8.71. The smallest absolute Gasteiger partial charge is 0.411 e. The van der Waals surface area contributed by atoms with Crippen LogP contribution in [0.15, 0.2) is 54.6 Å². The molecule has 0 bridgehead atoms. The average Bonchev–Trinajstić information content (AvgIpc) is 3.61. The molecule has 226 valence electrons. The molecule has 0 spiro atoms. The Bertz CT molecular complexity index is 1200. The lowest BCUT2D eigenvalue weighted by Gasteiger charge is -2.32. The highest BCUT2D eigenvalue weighted by Gasteiger charge is 2.31. The SMILES string of the molecule is NC(=O)[C@H]1CCCN1CCCN1CCN(CCCN2CCC(OC(=O)Nc3ccccc3-c3ccccc3)CC2)C1=O. The van der Waals surface area contributed by atoms with Crippen molar-refractivity contribution in [3.8, 4) is 11.1 Å². The summed E-state index contributed by atoms with van der Waals surface area (Å²) in [5, 5.41) is 2.94. The van der Waals surface area contributed by atoms with E-state index in [2.05, 4.69) is 15.1 Å². The van der Waals surface area contributed by atoms with Gasteiger partial charge in [0, 0.05) is 51.4 Å². The summed E-state index contributed by atoms with van der Waals surface area (Å²) in [4.78, 5) is 45.6. The minimum atomic E-state index is -0.415. The summed E-state index contributed by atoms with van der Waals surface area (Å²) < 4.78 is 5.77. The molecule has 0 radical (unpaired) electrons. The van der Waals surface area contributed by atoms with Crippen LogP contribution < -0.4 is 11.1 Å². The molecule has 0 unspecified atom stereocenters. The van der Waals surface area contributed by atoms with E-state index in [-0.39, 0.29) is 24.1 Å². The molecule has 2 aromatic rings. The second-order valence-corrected chi connectivity index (χ2v) is 11.5. The maximum atomic E-state index is 12.9. The molecule has 1 atom stereocenters. The Hall–Kier alpha value is -3.63. The number of anilines is 1. The Labute approximate surface area is 248 Å². The molecule has 0 saturated carbocycles. The highest BCUT2D eigenvalue weighted by molar-refractivity contribution is 5.91. The second-order valence-electron chi connectivity index (χ2n) is 11.5. The number of rotatable bonds is 12. The van der Waals surface area contributed by atoms with Crippen molar-refractivity contribution >= 4 is 23.7 Å². The van der Waals surface area contributed by atoms with Crippen molar-refractivity contribution in [2.45, 2.75) is 50.7 Å². The lowest BCUT2D eigenvalue weighted by molar-refractivity contribution is -0.122. The molecule has 3 aliphatic heterocycles. The van der Waals surface area contributed by atoms with Crippen molar-refractivity contribution in [2.24, 2.45) is 5.73 Å². The molecule has 2 aromatic carbocycles. The molecule has 42 heavy (non-hydrogen) atoms. The number of likely N-dealkylation sites (tertiary alicyclic amines) is 2. The fourth-order valence-corrected chi connectivity index (χ4v) is 6.42. The summed E-state index contributed by atoms with van der Waals surface area (Å²) in [6.45, 7) is 7.40. The zero-order valence-corrected chi connectivity index (χ0v) is 24.5. The molecule has 3 fully saturated rings. The second kappa shape index (κ2) is 14.5. The number of benzene rings is 2. The van der Waals surface area contributed by atoms with Crippen LogP contribution in [0.4, 0.5) is 15.3 Å². The number of primary amides is 1. The van der Waals surface area contributed by atoms with Crippen molar-refractivity contribution in [2.75, 3.05) is 64.2 Å². The molecule has 10 nitrogen and oxygen atoms in total. The normalized spacial score (nSPS) is 20.3. The van der Waals surface area contributed by atoms with Crippen LogP contribution in [0.25, 0.3) is 11.1 Å². The van der Waals surface area contributed by atoms with Gasteiger partial charge in [0.25, 0.3) is 0 Å². The molecule has 0 aromatic heterocycles. The number of amides is 4. The van der Waals surface area contributed by atoms with E-state index >= 15 is 0 Å². The first-order valence-electron chi connectivity index (χ1n) is 15.4. The Morgan fingerprint density at radius 1 is 0.810 bits per heavy atom. The molecule has 0 aliphatic carbocycles. The Balaban J connectivity index is 0.964. The number of nitrogens with zero attached hydrogens (tertiary/aromatic N) is 4. The molecular weight excluding hydrogens is 532 g/mol. The predicted octanol–water partition coefficient (Wildman–Crippen LogP) is 3.83. The number of piperidine rings is 1. The van der Waals surface area contributed by atoms with Crippen molar-refractivity contribution in [3.05, 3.63) is 54.6 Å².